The zero-order chi connectivity index (χ0) is 12.0. The average molecular weight is 244 g/mol. The number of hydrogen-bond donors (Lipinski definition) is 2. The smallest absolute Gasteiger partial charge is 0.325 e. The van der Waals surface area contributed by atoms with E-state index in [0.29, 0.717) is 17.7 Å². The fourth-order valence-electron chi connectivity index (χ4n) is 1.10. The third-order valence-corrected chi connectivity index (χ3v) is 2.78. The van der Waals surface area contributed by atoms with Crippen LogP contribution >= 0.6 is 7.60 Å². The minimum Gasteiger partial charge on any atom is -0.494 e. The van der Waals surface area contributed by atoms with E-state index in [1.54, 1.807) is 24.3 Å². The summed E-state index contributed by atoms with van der Waals surface area (Å²) < 4.78 is 15.8. The van der Waals surface area contributed by atoms with Gasteiger partial charge in [0, 0.05) is 5.56 Å². The first kappa shape index (κ1) is 12.9. The normalized spacial score (nSPS) is 11.1. The van der Waals surface area contributed by atoms with Crippen molar-refractivity contribution in [1.29, 1.82) is 0 Å². The molecule has 1 rings (SSSR count). The fraction of sp³-hybridized carbons (Fsp3) is 0.300. The molecule has 0 spiro atoms. The summed E-state index contributed by atoms with van der Waals surface area (Å²) in [4.78, 5) is 27.6. The van der Waals surface area contributed by atoms with Crippen molar-refractivity contribution < 1.29 is 23.9 Å². The molecule has 6 heteroatoms. The Morgan fingerprint density at radius 1 is 1.25 bits per heavy atom. The number of hydrogen-bond acceptors (Lipinski definition) is 3. The number of benzene rings is 1. The molecule has 88 valence electrons. The lowest BCUT2D eigenvalue weighted by molar-refractivity contribution is 0.112. The molecule has 16 heavy (non-hydrogen) atoms. The summed E-state index contributed by atoms with van der Waals surface area (Å²) in [6.07, 6.45) is 0.844. The van der Waals surface area contributed by atoms with Crippen molar-refractivity contribution in [2.45, 2.75) is 6.42 Å². The number of rotatable bonds is 6. The van der Waals surface area contributed by atoms with Gasteiger partial charge in [-0.15, -0.1) is 0 Å². The van der Waals surface area contributed by atoms with Crippen LogP contribution in [-0.4, -0.2) is 28.8 Å². The van der Waals surface area contributed by atoms with Gasteiger partial charge in [0.05, 0.1) is 12.8 Å². The molecule has 0 saturated heterocycles. The van der Waals surface area contributed by atoms with Gasteiger partial charge in [0.15, 0.2) is 0 Å². The van der Waals surface area contributed by atoms with Crippen LogP contribution in [0.25, 0.3) is 0 Å². The van der Waals surface area contributed by atoms with Crippen LogP contribution in [0.2, 0.25) is 0 Å². The molecule has 0 unspecified atom stereocenters. The van der Waals surface area contributed by atoms with Gasteiger partial charge >= 0.3 is 7.60 Å². The zero-order valence-electron chi connectivity index (χ0n) is 8.57. The van der Waals surface area contributed by atoms with Crippen LogP contribution in [-0.2, 0) is 4.57 Å². The van der Waals surface area contributed by atoms with Crippen LogP contribution in [0.3, 0.4) is 0 Å². The lowest BCUT2D eigenvalue weighted by atomic mass is 10.2. The first-order chi connectivity index (χ1) is 7.51. The molecule has 0 atom stereocenters. The van der Waals surface area contributed by atoms with Crippen molar-refractivity contribution in [3.63, 3.8) is 0 Å². The van der Waals surface area contributed by atoms with Crippen LogP contribution in [0.4, 0.5) is 0 Å². The Labute approximate surface area is 93.2 Å². The molecule has 0 heterocycles. The second-order valence-corrected chi connectivity index (χ2v) is 5.05. The summed E-state index contributed by atoms with van der Waals surface area (Å²) in [5, 5.41) is 0. The Hall–Kier alpha value is -1.16. The van der Waals surface area contributed by atoms with Crippen LogP contribution in [0.15, 0.2) is 24.3 Å². The summed E-state index contributed by atoms with van der Waals surface area (Å²) in [5.41, 5.74) is 0.558. The monoisotopic (exact) mass is 244 g/mol. The van der Waals surface area contributed by atoms with E-state index in [1.165, 1.54) is 0 Å². The SMILES string of the molecule is O=Cc1ccc(OCCCP(=O)(O)O)cc1. The molecular formula is C10H13O5P. The average Bonchev–Trinajstić information content (AvgIpc) is 2.24. The molecule has 0 amide bonds. The lowest BCUT2D eigenvalue weighted by Crippen LogP contribution is -2.00. The largest absolute Gasteiger partial charge is 0.494 e. The van der Waals surface area contributed by atoms with Crippen LogP contribution < -0.4 is 4.74 Å². The number of aldehydes is 1. The lowest BCUT2D eigenvalue weighted by Gasteiger charge is -2.06. The van der Waals surface area contributed by atoms with E-state index in [4.69, 9.17) is 14.5 Å². The van der Waals surface area contributed by atoms with Crippen LogP contribution in [0, 0.1) is 0 Å². The molecule has 1 aromatic carbocycles. The molecule has 2 N–H and O–H groups in total. The highest BCUT2D eigenvalue weighted by Crippen LogP contribution is 2.34. The van der Waals surface area contributed by atoms with Crippen molar-refractivity contribution in [2.75, 3.05) is 12.8 Å². The Kier molecular flexibility index (Phi) is 4.68. The minimum atomic E-state index is -3.93. The molecular weight excluding hydrogens is 231 g/mol. The van der Waals surface area contributed by atoms with Gasteiger partial charge in [0.25, 0.3) is 0 Å². The molecule has 1 aromatic rings. The Balaban J connectivity index is 2.32. The van der Waals surface area contributed by atoms with Gasteiger partial charge in [-0.1, -0.05) is 0 Å². The van der Waals surface area contributed by atoms with Gasteiger partial charge < -0.3 is 14.5 Å². The maximum atomic E-state index is 10.5. The van der Waals surface area contributed by atoms with Crippen molar-refractivity contribution in [1.82, 2.24) is 0 Å². The maximum absolute atomic E-state index is 10.5. The molecule has 0 saturated carbocycles. The first-order valence-corrected chi connectivity index (χ1v) is 6.53. The van der Waals surface area contributed by atoms with Crippen molar-refractivity contribution in [3.05, 3.63) is 29.8 Å². The van der Waals surface area contributed by atoms with Crippen molar-refractivity contribution >= 4 is 13.9 Å². The summed E-state index contributed by atoms with van der Waals surface area (Å²) in [6, 6.07) is 6.51. The third-order valence-electron chi connectivity index (χ3n) is 1.88. The van der Waals surface area contributed by atoms with E-state index in [9.17, 15) is 9.36 Å². The highest BCUT2D eigenvalue weighted by atomic mass is 31.2. The summed E-state index contributed by atoms with van der Waals surface area (Å²) in [5.74, 6) is 0.580. The first-order valence-electron chi connectivity index (χ1n) is 4.74. The van der Waals surface area contributed by atoms with Gasteiger partial charge in [-0.2, -0.15) is 0 Å². The molecule has 0 aliphatic rings. The minimum absolute atomic E-state index is 0.181. The summed E-state index contributed by atoms with van der Waals surface area (Å²) in [7, 11) is -3.93. The van der Waals surface area contributed by atoms with Gasteiger partial charge in [-0.3, -0.25) is 9.36 Å². The molecule has 0 bridgehead atoms. The van der Waals surface area contributed by atoms with Crippen LogP contribution in [0.5, 0.6) is 5.75 Å². The predicted molar refractivity (Wildman–Crippen MR) is 58.9 cm³/mol. The topological polar surface area (TPSA) is 83.8 Å². The second-order valence-electron chi connectivity index (χ2n) is 3.28. The Morgan fingerprint density at radius 3 is 2.38 bits per heavy atom. The predicted octanol–water partition coefficient (Wildman–Crippen LogP) is 1.45. The Bertz CT molecular complexity index is 381. The summed E-state index contributed by atoms with van der Waals surface area (Å²) >= 11 is 0. The van der Waals surface area contributed by atoms with Gasteiger partial charge in [0.1, 0.15) is 12.0 Å². The molecule has 0 aliphatic carbocycles. The van der Waals surface area contributed by atoms with E-state index < -0.39 is 7.60 Å². The van der Waals surface area contributed by atoms with E-state index in [1.807, 2.05) is 0 Å². The zero-order valence-corrected chi connectivity index (χ0v) is 9.47. The van der Waals surface area contributed by atoms with E-state index in [0.717, 1.165) is 6.29 Å². The molecule has 0 aromatic heterocycles. The third kappa shape index (κ3) is 5.07. The van der Waals surface area contributed by atoms with Crippen molar-refractivity contribution in [3.8, 4) is 5.75 Å². The molecule has 5 nitrogen and oxygen atoms in total. The van der Waals surface area contributed by atoms with Gasteiger partial charge in [-0.25, -0.2) is 0 Å². The number of carbonyl (C=O) groups is 1. The van der Waals surface area contributed by atoms with Crippen LogP contribution in [0.1, 0.15) is 16.8 Å². The standard InChI is InChI=1S/C10H13O5P/c11-8-9-2-4-10(5-3-9)15-6-1-7-16(12,13)14/h2-5,8H,1,6-7H2,(H2,12,13,14). The van der Waals surface area contributed by atoms with E-state index >= 15 is 0 Å². The molecule has 0 fully saturated rings. The van der Waals surface area contributed by atoms with Gasteiger partial charge in [-0.05, 0) is 30.7 Å². The molecule has 0 radical (unpaired) electrons. The quantitative estimate of drug-likeness (QED) is 0.449. The van der Waals surface area contributed by atoms with E-state index in [-0.39, 0.29) is 12.8 Å². The maximum Gasteiger partial charge on any atom is 0.325 e. The summed E-state index contributed by atoms with van der Waals surface area (Å²) in [6.45, 7) is 0.242. The molecule has 0 aliphatic heterocycles. The fourth-order valence-corrected chi connectivity index (χ4v) is 1.64. The van der Waals surface area contributed by atoms with E-state index in [2.05, 4.69) is 0 Å². The van der Waals surface area contributed by atoms with Crippen molar-refractivity contribution in [2.24, 2.45) is 0 Å². The highest BCUT2D eigenvalue weighted by Gasteiger charge is 2.11. The van der Waals surface area contributed by atoms with Gasteiger partial charge in [0.2, 0.25) is 0 Å². The highest BCUT2D eigenvalue weighted by molar-refractivity contribution is 7.51. The number of carbonyl (C=O) groups excluding carboxylic acids is 1. The number of ether oxygens (including phenoxy) is 1. The second kappa shape index (κ2) is 5.80. The Morgan fingerprint density at radius 2 is 1.88 bits per heavy atom.